The van der Waals surface area contributed by atoms with E-state index in [2.05, 4.69) is 13.8 Å². The zero-order valence-electron chi connectivity index (χ0n) is 11.8. The van der Waals surface area contributed by atoms with Crippen molar-refractivity contribution in [2.45, 2.75) is 31.7 Å². The van der Waals surface area contributed by atoms with E-state index in [9.17, 15) is 12.8 Å². The molecule has 1 heterocycles. The van der Waals surface area contributed by atoms with Crippen LogP contribution >= 0.6 is 0 Å². The van der Waals surface area contributed by atoms with Crippen LogP contribution in [0.1, 0.15) is 25.8 Å². The maximum absolute atomic E-state index is 13.9. The van der Waals surface area contributed by atoms with Crippen LogP contribution < -0.4 is 5.73 Å². The molecule has 2 N–H and O–H groups in total. The van der Waals surface area contributed by atoms with Crippen LogP contribution in [0.15, 0.2) is 23.1 Å². The minimum atomic E-state index is -3.77. The molecule has 1 saturated heterocycles. The summed E-state index contributed by atoms with van der Waals surface area (Å²) in [5.74, 6) is 0.0520. The lowest BCUT2D eigenvalue weighted by Crippen LogP contribution is -2.30. The highest BCUT2D eigenvalue weighted by atomic mass is 32.2. The fourth-order valence-electron chi connectivity index (χ4n) is 2.53. The highest BCUT2D eigenvalue weighted by Gasteiger charge is 2.35. The molecule has 1 aliphatic heterocycles. The van der Waals surface area contributed by atoms with Gasteiger partial charge in [-0.25, -0.2) is 12.8 Å². The third kappa shape index (κ3) is 2.87. The highest BCUT2D eigenvalue weighted by molar-refractivity contribution is 7.89. The SMILES string of the molecule is CC(C)C1CCN(S(=O)(=O)c2cc(CN)ccc2F)C1. The topological polar surface area (TPSA) is 63.4 Å². The minimum Gasteiger partial charge on any atom is -0.326 e. The maximum Gasteiger partial charge on any atom is 0.246 e. The Morgan fingerprint density at radius 2 is 2.15 bits per heavy atom. The summed E-state index contributed by atoms with van der Waals surface area (Å²) in [6.45, 7) is 5.27. The third-order valence-corrected chi connectivity index (χ3v) is 5.86. The Bertz CT molecular complexity index is 587. The van der Waals surface area contributed by atoms with Crippen molar-refractivity contribution in [3.05, 3.63) is 29.6 Å². The van der Waals surface area contributed by atoms with Gasteiger partial charge in [-0.15, -0.1) is 0 Å². The van der Waals surface area contributed by atoms with E-state index < -0.39 is 15.8 Å². The summed E-state index contributed by atoms with van der Waals surface area (Å²) in [7, 11) is -3.77. The Morgan fingerprint density at radius 3 is 2.70 bits per heavy atom. The van der Waals surface area contributed by atoms with E-state index in [0.717, 1.165) is 6.42 Å². The van der Waals surface area contributed by atoms with Crippen molar-refractivity contribution in [1.82, 2.24) is 4.31 Å². The van der Waals surface area contributed by atoms with Crippen LogP contribution in [0.3, 0.4) is 0 Å². The number of hydrogen-bond donors (Lipinski definition) is 1. The summed E-state index contributed by atoms with van der Waals surface area (Å²) < 4.78 is 40.3. The first kappa shape index (κ1) is 15.4. The molecular weight excluding hydrogens is 279 g/mol. The van der Waals surface area contributed by atoms with E-state index >= 15 is 0 Å². The number of nitrogens with two attached hydrogens (primary N) is 1. The number of hydrogen-bond acceptors (Lipinski definition) is 3. The highest BCUT2D eigenvalue weighted by Crippen LogP contribution is 2.29. The molecule has 0 amide bonds. The average molecular weight is 300 g/mol. The predicted molar refractivity (Wildman–Crippen MR) is 76.0 cm³/mol. The largest absolute Gasteiger partial charge is 0.326 e. The molecule has 6 heteroatoms. The molecule has 0 bridgehead atoms. The molecular formula is C14H21FN2O2S. The van der Waals surface area contributed by atoms with Crippen LogP contribution in [-0.2, 0) is 16.6 Å². The lowest BCUT2D eigenvalue weighted by molar-refractivity contribution is 0.387. The molecule has 1 aromatic rings. The molecule has 0 aliphatic carbocycles. The molecule has 1 atom stereocenters. The second-order valence-corrected chi connectivity index (χ2v) is 7.53. The van der Waals surface area contributed by atoms with Gasteiger partial charge in [-0.1, -0.05) is 19.9 Å². The molecule has 0 aromatic heterocycles. The van der Waals surface area contributed by atoms with Gasteiger partial charge < -0.3 is 5.73 Å². The van der Waals surface area contributed by atoms with Crippen molar-refractivity contribution in [1.29, 1.82) is 0 Å². The molecule has 20 heavy (non-hydrogen) atoms. The van der Waals surface area contributed by atoms with Gasteiger partial charge in [-0.2, -0.15) is 4.31 Å². The molecule has 1 fully saturated rings. The molecule has 4 nitrogen and oxygen atoms in total. The van der Waals surface area contributed by atoms with E-state index in [-0.39, 0.29) is 11.4 Å². The van der Waals surface area contributed by atoms with Gasteiger partial charge >= 0.3 is 0 Å². The molecule has 112 valence electrons. The smallest absolute Gasteiger partial charge is 0.246 e. The van der Waals surface area contributed by atoms with Crippen LogP contribution in [0.2, 0.25) is 0 Å². The molecule has 1 unspecified atom stereocenters. The van der Waals surface area contributed by atoms with E-state index in [1.807, 2.05) is 0 Å². The number of rotatable bonds is 4. The number of benzene rings is 1. The van der Waals surface area contributed by atoms with Gasteiger partial charge in [0.15, 0.2) is 0 Å². The van der Waals surface area contributed by atoms with Crippen molar-refractivity contribution < 1.29 is 12.8 Å². The maximum atomic E-state index is 13.9. The van der Waals surface area contributed by atoms with E-state index in [4.69, 9.17) is 5.73 Å². The van der Waals surface area contributed by atoms with Crippen molar-refractivity contribution >= 4 is 10.0 Å². The van der Waals surface area contributed by atoms with Gasteiger partial charge in [0.1, 0.15) is 10.7 Å². The summed E-state index contributed by atoms with van der Waals surface area (Å²) in [5.41, 5.74) is 6.11. The fourth-order valence-corrected chi connectivity index (χ4v) is 4.15. The Hall–Kier alpha value is -0.980. The molecule has 0 spiro atoms. The third-order valence-electron chi connectivity index (χ3n) is 3.98. The summed E-state index contributed by atoms with van der Waals surface area (Å²) in [5, 5.41) is 0. The number of nitrogens with zero attached hydrogens (tertiary/aromatic N) is 1. The van der Waals surface area contributed by atoms with Crippen molar-refractivity contribution in [2.24, 2.45) is 17.6 Å². The lowest BCUT2D eigenvalue weighted by Gasteiger charge is -2.18. The van der Waals surface area contributed by atoms with Gasteiger partial charge in [0.2, 0.25) is 10.0 Å². The Kier molecular flexibility index (Phi) is 4.46. The molecule has 0 saturated carbocycles. The van der Waals surface area contributed by atoms with Crippen molar-refractivity contribution in [3.63, 3.8) is 0 Å². The zero-order chi connectivity index (χ0) is 14.9. The number of halogens is 1. The second kappa shape index (κ2) is 5.79. The normalized spacial score (nSPS) is 20.8. The van der Waals surface area contributed by atoms with Crippen LogP contribution in [0, 0.1) is 17.7 Å². The predicted octanol–water partition coefficient (Wildman–Crippen LogP) is 1.95. The minimum absolute atomic E-state index is 0.192. The van der Waals surface area contributed by atoms with Crippen LogP contribution in [0.5, 0.6) is 0 Å². The molecule has 1 aliphatic rings. The summed E-state index contributed by atoms with van der Waals surface area (Å²) >= 11 is 0. The van der Waals surface area contributed by atoms with Crippen molar-refractivity contribution in [2.75, 3.05) is 13.1 Å². The lowest BCUT2D eigenvalue weighted by atomic mass is 9.96. The second-order valence-electron chi connectivity index (χ2n) is 5.62. The van der Waals surface area contributed by atoms with E-state index in [1.165, 1.54) is 22.5 Å². The molecule has 0 radical (unpaired) electrons. The number of sulfonamides is 1. The van der Waals surface area contributed by atoms with E-state index in [1.54, 1.807) is 0 Å². The molecule has 2 rings (SSSR count). The monoisotopic (exact) mass is 300 g/mol. The zero-order valence-corrected chi connectivity index (χ0v) is 12.7. The summed E-state index contributed by atoms with van der Waals surface area (Å²) in [6.07, 6.45) is 0.828. The summed E-state index contributed by atoms with van der Waals surface area (Å²) in [4.78, 5) is -0.259. The van der Waals surface area contributed by atoms with Crippen LogP contribution in [0.25, 0.3) is 0 Å². The van der Waals surface area contributed by atoms with Crippen LogP contribution in [-0.4, -0.2) is 25.8 Å². The van der Waals surface area contributed by atoms with Gasteiger partial charge in [-0.05, 0) is 36.0 Å². The summed E-state index contributed by atoms with van der Waals surface area (Å²) in [6, 6.07) is 4.02. The van der Waals surface area contributed by atoms with Gasteiger partial charge in [-0.3, -0.25) is 0 Å². The van der Waals surface area contributed by atoms with E-state index in [0.29, 0.717) is 30.5 Å². The first-order chi connectivity index (χ1) is 9.36. The van der Waals surface area contributed by atoms with Gasteiger partial charge in [0.05, 0.1) is 0 Å². The average Bonchev–Trinajstić information content (AvgIpc) is 2.89. The quantitative estimate of drug-likeness (QED) is 0.924. The first-order valence-electron chi connectivity index (χ1n) is 6.85. The standard InChI is InChI=1S/C14H21FN2O2S/c1-10(2)12-5-6-17(9-12)20(18,19)14-7-11(8-16)3-4-13(14)15/h3-4,7,10,12H,5-6,8-9,16H2,1-2H3. The van der Waals surface area contributed by atoms with Crippen LogP contribution in [0.4, 0.5) is 4.39 Å². The van der Waals surface area contributed by atoms with Crippen molar-refractivity contribution in [3.8, 4) is 0 Å². The fraction of sp³-hybridized carbons (Fsp3) is 0.571. The van der Waals surface area contributed by atoms with Gasteiger partial charge in [0.25, 0.3) is 0 Å². The Morgan fingerprint density at radius 1 is 1.45 bits per heavy atom. The first-order valence-corrected chi connectivity index (χ1v) is 8.29. The Balaban J connectivity index is 2.32. The Labute approximate surface area is 119 Å². The molecule has 1 aromatic carbocycles. The van der Waals surface area contributed by atoms with Gasteiger partial charge in [0, 0.05) is 19.6 Å².